The van der Waals surface area contributed by atoms with E-state index in [1.165, 1.54) is 38.8 Å². The van der Waals surface area contributed by atoms with E-state index in [-0.39, 0.29) is 67.7 Å². The lowest BCUT2D eigenvalue weighted by atomic mass is 9.99. The van der Waals surface area contributed by atoms with Gasteiger partial charge in [0.2, 0.25) is 11.8 Å². The number of anilines is 1. The number of alkyl halides is 1. The molecule has 0 spiro atoms. The number of rotatable bonds is 8. The Morgan fingerprint density at radius 2 is 1.79 bits per heavy atom. The Kier molecular flexibility index (Phi) is 8.06. The summed E-state index contributed by atoms with van der Waals surface area (Å²) in [6.45, 7) is 1.20. The van der Waals surface area contributed by atoms with E-state index >= 15 is 0 Å². The molecule has 13 nitrogen and oxygen atoms in total. The fourth-order valence-electron chi connectivity index (χ4n) is 4.86. The summed E-state index contributed by atoms with van der Waals surface area (Å²) in [5.74, 6) is -1.31. The zero-order valence-corrected chi connectivity index (χ0v) is 24.6. The molecule has 226 valence electrons. The van der Waals surface area contributed by atoms with E-state index in [1.54, 1.807) is 38.4 Å². The molecule has 0 radical (unpaired) electrons. The van der Waals surface area contributed by atoms with Crippen molar-refractivity contribution in [2.75, 3.05) is 51.7 Å². The Bertz CT molecular complexity index is 1670. The molecule has 4 heterocycles. The number of aromatic nitrogens is 3. The number of urea groups is 1. The number of amides is 5. The van der Waals surface area contributed by atoms with Crippen LogP contribution in [0.1, 0.15) is 22.8 Å². The van der Waals surface area contributed by atoms with Gasteiger partial charge in [0, 0.05) is 38.8 Å². The summed E-state index contributed by atoms with van der Waals surface area (Å²) < 4.78 is 15.1. The van der Waals surface area contributed by atoms with E-state index in [2.05, 4.69) is 15.3 Å². The number of carbonyl (C=O) groups excluding carboxylic acids is 4. The number of carbonyl (C=O) groups is 4. The van der Waals surface area contributed by atoms with Crippen molar-refractivity contribution >= 4 is 52.3 Å². The molecule has 2 aliphatic rings. The van der Waals surface area contributed by atoms with Crippen molar-refractivity contribution in [1.82, 2.24) is 34.6 Å². The number of benzene rings is 1. The van der Waals surface area contributed by atoms with Crippen LogP contribution in [0.15, 0.2) is 41.3 Å². The highest BCUT2D eigenvalue weighted by molar-refractivity contribution is 6.30. The summed E-state index contributed by atoms with van der Waals surface area (Å²) in [5.41, 5.74) is -1.71. The molecule has 0 unspecified atom stereocenters. The first-order chi connectivity index (χ1) is 20.3. The first kappa shape index (κ1) is 29.9. The van der Waals surface area contributed by atoms with Crippen LogP contribution in [0, 0.1) is 0 Å². The van der Waals surface area contributed by atoms with Gasteiger partial charge >= 0.3 is 6.03 Å². The number of halogens is 2. The predicted octanol–water partition coefficient (Wildman–Crippen LogP) is 1.28. The first-order valence-corrected chi connectivity index (χ1v) is 13.9. The van der Waals surface area contributed by atoms with Crippen LogP contribution < -0.4 is 15.8 Å². The molecule has 0 aliphatic carbocycles. The van der Waals surface area contributed by atoms with Gasteiger partial charge < -0.3 is 20.0 Å². The number of likely N-dealkylation sites (N-methyl/N-ethyl adjacent to an activating group) is 1. The van der Waals surface area contributed by atoms with Crippen molar-refractivity contribution in [3.8, 4) is 0 Å². The molecule has 5 rings (SSSR count). The lowest BCUT2D eigenvalue weighted by Crippen LogP contribution is -2.60. The van der Waals surface area contributed by atoms with Gasteiger partial charge in [-0.05, 0) is 30.7 Å². The summed E-state index contributed by atoms with van der Waals surface area (Å²) in [6.07, 6.45) is 1.29. The summed E-state index contributed by atoms with van der Waals surface area (Å²) >= 11 is 5.93. The lowest BCUT2D eigenvalue weighted by molar-refractivity contribution is -0.144. The zero-order valence-electron chi connectivity index (χ0n) is 23.8. The highest BCUT2D eigenvalue weighted by Crippen LogP contribution is 2.25. The standard InChI is InChI=1S/C28H30ClFN8O5/c1-28(30)15-36(16-28)23(40)14-38-24-20(10-19(26(38)42)25(41)32-11-17-4-6-18(29)7-5-17)33-21(12-31-24)37-9-8-35(27(37)43)13-22(39)34(2)3/h4-7,10,12H,8-9,11,13-16H2,1-3H3,(H,32,41). The molecule has 0 atom stereocenters. The second-order valence-electron chi connectivity index (χ2n) is 11.0. The van der Waals surface area contributed by atoms with Crippen LogP contribution >= 0.6 is 11.6 Å². The van der Waals surface area contributed by atoms with E-state index in [0.29, 0.717) is 5.02 Å². The molecule has 0 saturated carbocycles. The summed E-state index contributed by atoms with van der Waals surface area (Å²) in [7, 11) is 3.20. The van der Waals surface area contributed by atoms with Gasteiger partial charge in [-0.25, -0.2) is 19.2 Å². The second-order valence-corrected chi connectivity index (χ2v) is 11.4. The van der Waals surface area contributed by atoms with Gasteiger partial charge in [0.1, 0.15) is 29.8 Å². The molecule has 0 bridgehead atoms. The van der Waals surface area contributed by atoms with Crippen LogP contribution in [-0.2, 0) is 22.7 Å². The maximum absolute atomic E-state index is 14.1. The minimum absolute atomic E-state index is 0.0196. The van der Waals surface area contributed by atoms with Gasteiger partial charge in [-0.15, -0.1) is 0 Å². The van der Waals surface area contributed by atoms with E-state index in [4.69, 9.17) is 11.6 Å². The average molecular weight is 613 g/mol. The number of nitrogens with zero attached hydrogens (tertiary/aromatic N) is 7. The minimum atomic E-state index is -1.51. The molecule has 1 N–H and O–H groups in total. The average Bonchev–Trinajstić information content (AvgIpc) is 3.31. The summed E-state index contributed by atoms with van der Waals surface area (Å²) in [6, 6.07) is 7.62. The van der Waals surface area contributed by atoms with Crippen LogP contribution in [0.4, 0.5) is 15.0 Å². The number of likely N-dealkylation sites (tertiary alicyclic amines) is 1. The second kappa shape index (κ2) is 11.6. The maximum atomic E-state index is 14.1. The van der Waals surface area contributed by atoms with Crippen molar-refractivity contribution in [2.45, 2.75) is 25.7 Å². The van der Waals surface area contributed by atoms with E-state index in [9.17, 15) is 28.4 Å². The Labute approximate surface area is 250 Å². The third kappa shape index (κ3) is 6.28. The number of pyridine rings is 1. The molecule has 2 fully saturated rings. The van der Waals surface area contributed by atoms with Gasteiger partial charge in [-0.3, -0.25) is 28.6 Å². The predicted molar refractivity (Wildman–Crippen MR) is 156 cm³/mol. The largest absolute Gasteiger partial charge is 0.348 e. The molecule has 5 amide bonds. The Hall–Kier alpha value is -4.59. The highest BCUT2D eigenvalue weighted by Gasteiger charge is 2.41. The van der Waals surface area contributed by atoms with E-state index in [1.807, 2.05) is 0 Å². The van der Waals surface area contributed by atoms with Crippen molar-refractivity contribution in [2.24, 2.45) is 0 Å². The van der Waals surface area contributed by atoms with Gasteiger partial charge in [-0.2, -0.15) is 0 Å². The zero-order chi connectivity index (χ0) is 31.1. The Balaban J connectivity index is 1.47. The number of hydrogen-bond acceptors (Lipinski definition) is 7. The van der Waals surface area contributed by atoms with Crippen LogP contribution in [0.2, 0.25) is 5.02 Å². The van der Waals surface area contributed by atoms with Gasteiger partial charge in [0.15, 0.2) is 11.5 Å². The quantitative estimate of drug-likeness (QED) is 0.404. The van der Waals surface area contributed by atoms with Gasteiger partial charge in [0.25, 0.3) is 11.5 Å². The fourth-order valence-corrected chi connectivity index (χ4v) is 4.99. The highest BCUT2D eigenvalue weighted by atomic mass is 35.5. The fraction of sp³-hybridized carbons (Fsp3) is 0.393. The normalized spacial score (nSPS) is 15.9. The van der Waals surface area contributed by atoms with E-state index < -0.39 is 35.6 Å². The van der Waals surface area contributed by atoms with Crippen LogP contribution in [0.25, 0.3) is 11.2 Å². The molecule has 43 heavy (non-hydrogen) atoms. The van der Waals surface area contributed by atoms with Gasteiger partial charge in [-0.1, -0.05) is 23.7 Å². The molecule has 2 aromatic heterocycles. The third-order valence-corrected chi connectivity index (χ3v) is 7.53. The molecule has 15 heteroatoms. The smallest absolute Gasteiger partial charge is 0.326 e. The SMILES string of the molecule is CN(C)C(=O)CN1CCN(c2cnc3c(cc(C(=O)NCc4ccc(Cl)cc4)c(=O)n3CC(=O)N3CC(C)(F)C3)n2)C1=O. The molecular weight excluding hydrogens is 583 g/mol. The van der Waals surface area contributed by atoms with Crippen molar-refractivity contribution < 1.29 is 23.6 Å². The van der Waals surface area contributed by atoms with Crippen molar-refractivity contribution in [3.63, 3.8) is 0 Å². The topological polar surface area (TPSA) is 141 Å². The number of hydrogen-bond donors (Lipinski definition) is 1. The lowest BCUT2D eigenvalue weighted by Gasteiger charge is -2.42. The number of nitrogens with one attached hydrogen (secondary N) is 1. The Morgan fingerprint density at radius 1 is 1.09 bits per heavy atom. The minimum Gasteiger partial charge on any atom is -0.348 e. The van der Waals surface area contributed by atoms with Crippen LogP contribution in [-0.4, -0.2) is 105 Å². The molecular formula is C28H30ClFN8O5. The molecule has 2 saturated heterocycles. The molecule has 2 aliphatic heterocycles. The van der Waals surface area contributed by atoms with E-state index in [0.717, 1.165) is 10.1 Å². The summed E-state index contributed by atoms with van der Waals surface area (Å²) in [5, 5.41) is 3.22. The van der Waals surface area contributed by atoms with Gasteiger partial charge in [0.05, 0.1) is 19.3 Å². The van der Waals surface area contributed by atoms with Crippen molar-refractivity contribution in [1.29, 1.82) is 0 Å². The Morgan fingerprint density at radius 3 is 2.44 bits per heavy atom. The van der Waals surface area contributed by atoms with Crippen LogP contribution in [0.5, 0.6) is 0 Å². The van der Waals surface area contributed by atoms with Crippen LogP contribution in [0.3, 0.4) is 0 Å². The summed E-state index contributed by atoms with van der Waals surface area (Å²) in [4.78, 5) is 79.2. The monoisotopic (exact) mass is 612 g/mol. The van der Waals surface area contributed by atoms with Crippen molar-refractivity contribution in [3.05, 3.63) is 63.0 Å². The number of fused-ring (bicyclic) bond motifs is 1. The molecule has 1 aromatic carbocycles. The molecule has 3 aromatic rings. The third-order valence-electron chi connectivity index (χ3n) is 7.27. The maximum Gasteiger partial charge on any atom is 0.326 e. The first-order valence-electron chi connectivity index (χ1n) is 13.5.